The van der Waals surface area contributed by atoms with Gasteiger partial charge in [-0.2, -0.15) is 13.5 Å². The van der Waals surface area contributed by atoms with Crippen LogP contribution in [0.25, 0.3) is 6.08 Å². The van der Waals surface area contributed by atoms with Gasteiger partial charge in [0.2, 0.25) is 5.78 Å². The smallest absolute Gasteiger partial charge is 0.294 e. The number of ketones is 1. The number of Topliss-reactive ketones (excluding diaryl/α,β-unsaturated/α-hetero) is 1. The number of carbonyl (C=O) groups is 3. The fourth-order valence-electron chi connectivity index (χ4n) is 4.23. The number of rotatable bonds is 8. The average molecular weight is 597 g/mol. The molecule has 0 saturated carbocycles. The molecule has 5 rings (SSSR count). The Labute approximate surface area is 246 Å². The Kier molecular flexibility index (Phi) is 8.14. The first-order chi connectivity index (χ1) is 20.6. The number of carbonyl (C=O) groups excluding carboxylic acids is 3. The second-order valence-corrected chi connectivity index (χ2v) is 10.7. The standard InChI is InChI=1S/C31H24N4O7S/c1-42-24-13-9-21(10-14-24)33-31(38)27-18-19-5-2-3-8-26(19)28(29(27)36)35-34-23-7-4-6-20(17-23)30(37)32-22-11-15-25(16-12-22)43(39,40)41/h2-18,34H,1H3,(H,32,37)(H,33,38)(H,39,40,41). The molecular formula is C31H24N4O7S. The van der Waals surface area contributed by atoms with Crippen LogP contribution in [0.15, 0.2) is 113 Å². The van der Waals surface area contributed by atoms with Crippen LogP contribution in [-0.2, 0) is 19.7 Å². The third-order valence-corrected chi connectivity index (χ3v) is 7.27. The van der Waals surface area contributed by atoms with Crippen molar-refractivity contribution in [2.45, 2.75) is 4.90 Å². The number of anilines is 3. The van der Waals surface area contributed by atoms with Gasteiger partial charge in [-0.1, -0.05) is 30.3 Å². The summed E-state index contributed by atoms with van der Waals surface area (Å²) in [4.78, 5) is 39.1. The molecule has 0 bridgehead atoms. The number of hydrogen-bond donors (Lipinski definition) is 4. The summed E-state index contributed by atoms with van der Waals surface area (Å²) in [5.74, 6) is -1.05. The number of hydrogen-bond acceptors (Lipinski definition) is 8. The molecule has 0 aliphatic heterocycles. The molecule has 4 N–H and O–H groups in total. The molecule has 12 heteroatoms. The van der Waals surface area contributed by atoms with Gasteiger partial charge in [-0.05, 0) is 78.4 Å². The topological polar surface area (TPSA) is 163 Å². The van der Waals surface area contributed by atoms with E-state index < -0.39 is 27.7 Å². The molecule has 1 aliphatic rings. The summed E-state index contributed by atoms with van der Waals surface area (Å²) >= 11 is 0. The van der Waals surface area contributed by atoms with E-state index in [1.54, 1.807) is 66.7 Å². The van der Waals surface area contributed by atoms with Gasteiger partial charge in [-0.15, -0.1) is 0 Å². The lowest BCUT2D eigenvalue weighted by Crippen LogP contribution is -2.30. The number of fused-ring (bicyclic) bond motifs is 1. The van der Waals surface area contributed by atoms with E-state index in [1.165, 1.54) is 31.4 Å². The predicted octanol–water partition coefficient (Wildman–Crippen LogP) is 4.62. The molecule has 216 valence electrons. The summed E-state index contributed by atoms with van der Waals surface area (Å²) in [6.45, 7) is 0. The number of nitrogens with one attached hydrogen (secondary N) is 3. The first-order valence-electron chi connectivity index (χ1n) is 12.8. The van der Waals surface area contributed by atoms with Crippen LogP contribution in [0.1, 0.15) is 21.5 Å². The number of benzene rings is 4. The maximum atomic E-state index is 13.5. The number of hydrazone groups is 1. The zero-order chi connectivity index (χ0) is 30.6. The van der Waals surface area contributed by atoms with Gasteiger partial charge >= 0.3 is 0 Å². The maximum Gasteiger partial charge on any atom is 0.294 e. The van der Waals surface area contributed by atoms with Crippen LogP contribution >= 0.6 is 0 Å². The molecule has 0 radical (unpaired) electrons. The molecule has 4 aromatic rings. The Bertz CT molecular complexity index is 1900. The van der Waals surface area contributed by atoms with Gasteiger partial charge in [0.25, 0.3) is 21.9 Å². The van der Waals surface area contributed by atoms with Crippen molar-refractivity contribution in [3.63, 3.8) is 0 Å². The van der Waals surface area contributed by atoms with Crippen molar-refractivity contribution >= 4 is 56.6 Å². The van der Waals surface area contributed by atoms with Gasteiger partial charge in [0, 0.05) is 22.5 Å². The molecule has 1 aliphatic carbocycles. The van der Waals surface area contributed by atoms with Gasteiger partial charge in [0.15, 0.2) is 0 Å². The molecule has 0 saturated heterocycles. The second kappa shape index (κ2) is 12.1. The minimum absolute atomic E-state index is 0.0201. The highest BCUT2D eigenvalue weighted by Crippen LogP contribution is 2.25. The maximum absolute atomic E-state index is 13.5. The third-order valence-electron chi connectivity index (χ3n) is 6.40. The second-order valence-electron chi connectivity index (χ2n) is 9.26. The number of methoxy groups -OCH3 is 1. The highest BCUT2D eigenvalue weighted by atomic mass is 32.2. The molecule has 2 amide bonds. The molecular weight excluding hydrogens is 572 g/mol. The molecule has 11 nitrogen and oxygen atoms in total. The summed E-state index contributed by atoms with van der Waals surface area (Å²) in [6.07, 6.45) is 1.52. The average Bonchev–Trinajstić information content (AvgIpc) is 3.00. The van der Waals surface area contributed by atoms with Gasteiger partial charge in [0.1, 0.15) is 11.5 Å². The van der Waals surface area contributed by atoms with Crippen molar-refractivity contribution in [2.75, 3.05) is 23.2 Å². The lowest BCUT2D eigenvalue weighted by molar-refractivity contribution is -0.116. The van der Waals surface area contributed by atoms with E-state index >= 15 is 0 Å². The number of amides is 2. The normalized spacial score (nSPS) is 13.5. The van der Waals surface area contributed by atoms with Crippen molar-refractivity contribution in [1.82, 2.24) is 0 Å². The Hall–Kier alpha value is -5.59. The van der Waals surface area contributed by atoms with E-state index in [4.69, 9.17) is 9.29 Å². The van der Waals surface area contributed by atoms with Crippen LogP contribution in [0.2, 0.25) is 0 Å². The fraction of sp³-hybridized carbons (Fsp3) is 0.0323. The summed E-state index contributed by atoms with van der Waals surface area (Å²) in [7, 11) is -2.82. The summed E-state index contributed by atoms with van der Waals surface area (Å²) in [5, 5.41) is 9.69. The Morgan fingerprint density at radius 2 is 1.44 bits per heavy atom. The highest BCUT2D eigenvalue weighted by molar-refractivity contribution is 7.85. The van der Waals surface area contributed by atoms with Crippen LogP contribution in [0.3, 0.4) is 0 Å². The Morgan fingerprint density at radius 1 is 0.791 bits per heavy atom. The largest absolute Gasteiger partial charge is 0.497 e. The van der Waals surface area contributed by atoms with Crippen molar-refractivity contribution in [1.29, 1.82) is 0 Å². The first kappa shape index (κ1) is 28.9. The zero-order valence-corrected chi connectivity index (χ0v) is 23.4. The highest BCUT2D eigenvalue weighted by Gasteiger charge is 2.30. The van der Waals surface area contributed by atoms with E-state index in [9.17, 15) is 22.8 Å². The zero-order valence-electron chi connectivity index (χ0n) is 22.6. The molecule has 0 aromatic heterocycles. The molecule has 43 heavy (non-hydrogen) atoms. The Morgan fingerprint density at radius 3 is 2.12 bits per heavy atom. The van der Waals surface area contributed by atoms with Crippen LogP contribution in [0.4, 0.5) is 17.1 Å². The van der Waals surface area contributed by atoms with E-state index in [0.717, 1.165) is 12.1 Å². The van der Waals surface area contributed by atoms with Crippen molar-refractivity contribution in [3.05, 3.63) is 119 Å². The third kappa shape index (κ3) is 6.67. The quantitative estimate of drug-likeness (QED) is 0.130. The van der Waals surface area contributed by atoms with Crippen LogP contribution in [-0.4, -0.2) is 43.4 Å². The van der Waals surface area contributed by atoms with E-state index in [-0.39, 0.29) is 21.7 Å². The van der Waals surface area contributed by atoms with Crippen molar-refractivity contribution in [2.24, 2.45) is 5.10 Å². The van der Waals surface area contributed by atoms with Crippen LogP contribution in [0, 0.1) is 0 Å². The lowest BCUT2D eigenvalue weighted by atomic mass is 9.89. The van der Waals surface area contributed by atoms with E-state index in [0.29, 0.717) is 33.9 Å². The molecule has 0 fully saturated rings. The van der Waals surface area contributed by atoms with E-state index in [1.807, 2.05) is 0 Å². The minimum Gasteiger partial charge on any atom is -0.497 e. The molecule has 0 unspecified atom stereocenters. The van der Waals surface area contributed by atoms with Gasteiger partial charge in [-0.25, -0.2) is 0 Å². The van der Waals surface area contributed by atoms with Crippen molar-refractivity contribution in [3.8, 4) is 5.75 Å². The number of ether oxygens (including phenoxy) is 1. The van der Waals surface area contributed by atoms with Crippen molar-refractivity contribution < 1.29 is 32.1 Å². The van der Waals surface area contributed by atoms with Gasteiger partial charge < -0.3 is 15.4 Å². The van der Waals surface area contributed by atoms with Crippen LogP contribution in [0.5, 0.6) is 5.75 Å². The lowest BCUT2D eigenvalue weighted by Gasteiger charge is -2.17. The summed E-state index contributed by atoms with van der Waals surface area (Å²) in [6, 6.07) is 25.1. The van der Waals surface area contributed by atoms with Gasteiger partial charge in [-0.3, -0.25) is 24.4 Å². The summed E-state index contributed by atoms with van der Waals surface area (Å²) < 4.78 is 36.7. The van der Waals surface area contributed by atoms with Gasteiger partial charge in [0.05, 0.1) is 23.3 Å². The monoisotopic (exact) mass is 596 g/mol. The Balaban J connectivity index is 1.34. The fourth-order valence-corrected chi connectivity index (χ4v) is 4.71. The summed E-state index contributed by atoms with van der Waals surface area (Å²) in [5.41, 5.74) is 5.34. The predicted molar refractivity (Wildman–Crippen MR) is 162 cm³/mol. The SMILES string of the molecule is COc1ccc(NC(=O)C2=Cc3ccccc3C(=NNc3cccc(C(=O)Nc4ccc(S(=O)(=O)O)cc4)c3)C2=O)cc1. The first-order valence-corrected chi connectivity index (χ1v) is 14.2. The number of nitrogens with zero attached hydrogens (tertiary/aromatic N) is 1. The molecule has 4 aromatic carbocycles. The van der Waals surface area contributed by atoms with E-state index in [2.05, 4.69) is 21.2 Å². The van der Waals surface area contributed by atoms with Crippen LogP contribution < -0.4 is 20.8 Å². The minimum atomic E-state index is -4.36. The molecule has 0 atom stereocenters. The molecule has 0 spiro atoms. The molecule has 0 heterocycles.